The molecule has 0 unspecified atom stereocenters. The molecule has 0 radical (unpaired) electrons. The van der Waals surface area contributed by atoms with Gasteiger partial charge in [0, 0.05) is 24.6 Å². The van der Waals surface area contributed by atoms with Crippen LogP contribution in [0, 0.1) is 0 Å². The minimum Gasteiger partial charge on any atom is -0.399 e. The van der Waals surface area contributed by atoms with Crippen molar-refractivity contribution in [2.75, 3.05) is 12.0 Å². The van der Waals surface area contributed by atoms with Gasteiger partial charge in [0.15, 0.2) is 9.84 Å². The fourth-order valence-electron chi connectivity index (χ4n) is 1.46. The van der Waals surface area contributed by atoms with Crippen molar-refractivity contribution in [3.63, 3.8) is 0 Å². The lowest BCUT2D eigenvalue weighted by Gasteiger charge is -2.03. The van der Waals surface area contributed by atoms with Gasteiger partial charge in [0.2, 0.25) is 0 Å². The van der Waals surface area contributed by atoms with Crippen molar-refractivity contribution in [2.24, 2.45) is 7.05 Å². The molecule has 0 saturated carbocycles. The Morgan fingerprint density at radius 1 is 1.29 bits per heavy atom. The highest BCUT2D eigenvalue weighted by molar-refractivity contribution is 7.90. The number of hydrogen-bond donors (Lipinski definition) is 1. The third kappa shape index (κ3) is 2.44. The molecule has 0 aliphatic rings. The molecule has 0 bridgehead atoms. The number of aryl methyl sites for hydroxylation is 1. The van der Waals surface area contributed by atoms with Crippen LogP contribution in [-0.4, -0.2) is 29.7 Å². The summed E-state index contributed by atoms with van der Waals surface area (Å²) >= 11 is 0. The van der Waals surface area contributed by atoms with Gasteiger partial charge < -0.3 is 5.73 Å². The molecule has 0 amide bonds. The molecule has 17 heavy (non-hydrogen) atoms. The fraction of sp³-hybridized carbons (Fsp3) is 0.200. The number of aromatic nitrogens is 3. The van der Waals surface area contributed by atoms with Crippen LogP contribution in [0.1, 0.15) is 0 Å². The molecule has 0 spiro atoms. The zero-order valence-corrected chi connectivity index (χ0v) is 10.3. The average Bonchev–Trinajstić information content (AvgIpc) is 2.62. The lowest BCUT2D eigenvalue weighted by atomic mass is 10.1. The maximum absolute atomic E-state index is 11.5. The van der Waals surface area contributed by atoms with Crippen molar-refractivity contribution < 1.29 is 8.42 Å². The number of sulfone groups is 1. The molecule has 0 aliphatic carbocycles. The van der Waals surface area contributed by atoms with E-state index in [0.717, 1.165) is 6.26 Å². The molecule has 0 aliphatic heterocycles. The average molecular weight is 252 g/mol. The molecular weight excluding hydrogens is 240 g/mol. The number of hydrogen-bond acceptors (Lipinski definition) is 5. The maximum atomic E-state index is 11.5. The first kappa shape index (κ1) is 11.6. The Hall–Kier alpha value is -1.89. The van der Waals surface area contributed by atoms with Gasteiger partial charge in [-0.2, -0.15) is 15.0 Å². The number of rotatable bonds is 2. The van der Waals surface area contributed by atoms with E-state index < -0.39 is 9.84 Å². The van der Waals surface area contributed by atoms with E-state index in [4.69, 9.17) is 5.73 Å². The Morgan fingerprint density at radius 3 is 2.53 bits per heavy atom. The molecule has 2 aromatic rings. The second kappa shape index (κ2) is 3.85. The number of benzene rings is 1. The van der Waals surface area contributed by atoms with E-state index in [9.17, 15) is 8.42 Å². The third-order valence-electron chi connectivity index (χ3n) is 2.25. The second-order valence-corrected chi connectivity index (χ2v) is 5.80. The number of nitrogens with zero attached hydrogens (tertiary/aromatic N) is 3. The lowest BCUT2D eigenvalue weighted by molar-refractivity contribution is 0.602. The number of anilines is 1. The van der Waals surface area contributed by atoms with Crippen molar-refractivity contribution >= 4 is 15.5 Å². The predicted molar refractivity (Wildman–Crippen MR) is 64.0 cm³/mol. The van der Waals surface area contributed by atoms with E-state index in [1.165, 1.54) is 16.9 Å². The molecule has 2 N–H and O–H groups in total. The maximum Gasteiger partial charge on any atom is 0.175 e. The first-order valence-electron chi connectivity index (χ1n) is 4.83. The molecule has 7 heteroatoms. The van der Waals surface area contributed by atoms with Crippen LogP contribution in [0.2, 0.25) is 0 Å². The standard InChI is InChI=1S/C10H12N4O2S/c1-14-12-6-10(13-14)7-3-8(11)5-9(4-7)17(2,15)16/h3-6H,11H2,1-2H3. The molecule has 0 fully saturated rings. The van der Waals surface area contributed by atoms with Crippen LogP contribution in [0.4, 0.5) is 5.69 Å². The molecular formula is C10H12N4O2S. The van der Waals surface area contributed by atoms with Crippen LogP contribution in [0.3, 0.4) is 0 Å². The number of nitrogen functional groups attached to an aromatic ring is 1. The van der Waals surface area contributed by atoms with Gasteiger partial charge in [0.05, 0.1) is 11.1 Å². The summed E-state index contributed by atoms with van der Waals surface area (Å²) < 4.78 is 23.0. The van der Waals surface area contributed by atoms with E-state index in [1.807, 2.05) is 0 Å². The van der Waals surface area contributed by atoms with Gasteiger partial charge >= 0.3 is 0 Å². The summed E-state index contributed by atoms with van der Waals surface area (Å²) in [5.74, 6) is 0. The molecule has 0 atom stereocenters. The third-order valence-corrected chi connectivity index (χ3v) is 3.34. The molecule has 2 rings (SSSR count). The molecule has 1 aromatic carbocycles. The Balaban J connectivity index is 2.60. The van der Waals surface area contributed by atoms with Crippen LogP contribution in [0.25, 0.3) is 11.3 Å². The van der Waals surface area contributed by atoms with Crippen LogP contribution < -0.4 is 5.73 Å². The van der Waals surface area contributed by atoms with Gasteiger partial charge in [-0.15, -0.1) is 0 Å². The van der Waals surface area contributed by atoms with E-state index in [1.54, 1.807) is 19.3 Å². The quantitative estimate of drug-likeness (QED) is 0.784. The summed E-state index contributed by atoms with van der Waals surface area (Å²) in [5, 5.41) is 8.03. The monoisotopic (exact) mass is 252 g/mol. The topological polar surface area (TPSA) is 90.9 Å². The SMILES string of the molecule is Cn1ncc(-c2cc(N)cc(S(C)(=O)=O)c2)n1. The molecule has 0 saturated heterocycles. The molecule has 1 aromatic heterocycles. The smallest absolute Gasteiger partial charge is 0.175 e. The summed E-state index contributed by atoms with van der Waals surface area (Å²) in [5.41, 5.74) is 7.29. The van der Waals surface area contributed by atoms with Crippen LogP contribution >= 0.6 is 0 Å². The summed E-state index contributed by atoms with van der Waals surface area (Å²) in [6.45, 7) is 0. The van der Waals surface area contributed by atoms with Crippen molar-refractivity contribution in [1.82, 2.24) is 15.0 Å². The minimum atomic E-state index is -3.28. The first-order chi connectivity index (χ1) is 7.86. The molecule has 6 nitrogen and oxygen atoms in total. The van der Waals surface area contributed by atoms with E-state index in [2.05, 4.69) is 10.2 Å². The number of nitrogens with two attached hydrogens (primary N) is 1. The van der Waals surface area contributed by atoms with Crippen molar-refractivity contribution in [1.29, 1.82) is 0 Å². The summed E-state index contributed by atoms with van der Waals surface area (Å²) in [6, 6.07) is 4.63. The van der Waals surface area contributed by atoms with Gasteiger partial charge in [0.1, 0.15) is 5.69 Å². The zero-order chi connectivity index (χ0) is 12.6. The van der Waals surface area contributed by atoms with Gasteiger partial charge in [-0.05, 0) is 18.2 Å². The first-order valence-corrected chi connectivity index (χ1v) is 6.73. The van der Waals surface area contributed by atoms with Crippen molar-refractivity contribution in [3.05, 3.63) is 24.4 Å². The predicted octanol–water partition coefficient (Wildman–Crippen LogP) is 0.468. The summed E-state index contributed by atoms with van der Waals surface area (Å²) in [6.07, 6.45) is 2.70. The van der Waals surface area contributed by atoms with E-state index in [-0.39, 0.29) is 4.90 Å². The molecule has 1 heterocycles. The van der Waals surface area contributed by atoms with E-state index >= 15 is 0 Å². The van der Waals surface area contributed by atoms with E-state index in [0.29, 0.717) is 16.9 Å². The van der Waals surface area contributed by atoms with Crippen LogP contribution in [0.15, 0.2) is 29.3 Å². The largest absolute Gasteiger partial charge is 0.399 e. The van der Waals surface area contributed by atoms with Gasteiger partial charge in [-0.1, -0.05) is 0 Å². The van der Waals surface area contributed by atoms with Crippen LogP contribution in [0.5, 0.6) is 0 Å². The minimum absolute atomic E-state index is 0.179. The van der Waals surface area contributed by atoms with Gasteiger partial charge in [-0.25, -0.2) is 8.42 Å². The zero-order valence-electron chi connectivity index (χ0n) is 9.45. The Labute approximate surface area is 99.0 Å². The Bertz CT molecular complexity index is 661. The highest BCUT2D eigenvalue weighted by Crippen LogP contribution is 2.23. The summed E-state index contributed by atoms with van der Waals surface area (Å²) in [7, 11) is -1.60. The second-order valence-electron chi connectivity index (χ2n) is 3.78. The van der Waals surface area contributed by atoms with Crippen molar-refractivity contribution in [2.45, 2.75) is 4.90 Å². The molecule has 90 valence electrons. The fourth-order valence-corrected chi connectivity index (χ4v) is 2.15. The highest BCUT2D eigenvalue weighted by Gasteiger charge is 2.11. The Morgan fingerprint density at radius 2 is 2.00 bits per heavy atom. The summed E-state index contributed by atoms with van der Waals surface area (Å²) in [4.78, 5) is 1.58. The van der Waals surface area contributed by atoms with Crippen molar-refractivity contribution in [3.8, 4) is 11.3 Å². The Kier molecular flexibility index (Phi) is 2.62. The van der Waals surface area contributed by atoms with Crippen LogP contribution in [-0.2, 0) is 16.9 Å². The van der Waals surface area contributed by atoms with Gasteiger partial charge in [-0.3, -0.25) is 0 Å². The highest BCUT2D eigenvalue weighted by atomic mass is 32.2. The lowest BCUT2D eigenvalue weighted by Crippen LogP contribution is -1.99. The normalized spacial score (nSPS) is 11.6. The van der Waals surface area contributed by atoms with Gasteiger partial charge in [0.25, 0.3) is 0 Å².